The average molecular weight is 557 g/mol. The zero-order valence-corrected chi connectivity index (χ0v) is 20.8. The molecule has 0 radical (unpaired) electrons. The van der Waals surface area contributed by atoms with Gasteiger partial charge in [0.1, 0.15) is 34.5 Å². The Bertz CT molecular complexity index is 1370. The topological polar surface area (TPSA) is 115 Å². The van der Waals surface area contributed by atoms with Crippen LogP contribution in [0.2, 0.25) is 0 Å². The Morgan fingerprint density at radius 3 is 2.39 bits per heavy atom. The lowest BCUT2D eigenvalue weighted by molar-refractivity contribution is -0.140. The molecule has 0 saturated carbocycles. The van der Waals surface area contributed by atoms with Crippen LogP contribution in [0.25, 0.3) is 0 Å². The molecule has 0 aliphatic heterocycles. The molecule has 0 spiro atoms. The average Bonchev–Trinajstić information content (AvgIpc) is 2.83. The summed E-state index contributed by atoms with van der Waals surface area (Å²) in [6.07, 6.45) is -6.57. The lowest BCUT2D eigenvalue weighted by Gasteiger charge is -2.21. The quantitative estimate of drug-likeness (QED) is 0.250. The Labute approximate surface area is 216 Å². The van der Waals surface area contributed by atoms with E-state index in [0.717, 1.165) is 28.6 Å². The molecule has 3 rings (SSSR count). The number of ether oxygens (including phenoxy) is 1. The molecule has 38 heavy (non-hydrogen) atoms. The molecule has 14 heteroatoms. The van der Waals surface area contributed by atoms with E-state index in [9.17, 15) is 36.8 Å². The third-order valence-corrected chi connectivity index (χ3v) is 6.40. The lowest BCUT2D eigenvalue weighted by atomic mass is 10.1. The van der Waals surface area contributed by atoms with E-state index >= 15 is 4.39 Å². The highest BCUT2D eigenvalue weighted by molar-refractivity contribution is 7.89. The third kappa shape index (κ3) is 6.38. The molecule has 8 nitrogen and oxygen atoms in total. The van der Waals surface area contributed by atoms with Crippen molar-refractivity contribution in [2.45, 2.75) is 31.0 Å². The number of aromatic nitrogens is 1. The van der Waals surface area contributed by atoms with E-state index in [-0.39, 0.29) is 22.0 Å². The molecule has 0 fully saturated rings. The predicted molar refractivity (Wildman–Crippen MR) is 126 cm³/mol. The Morgan fingerprint density at radius 1 is 1.13 bits per heavy atom. The Balaban J connectivity index is 1.99. The summed E-state index contributed by atoms with van der Waals surface area (Å²) in [6, 6.07) is 8.26. The Kier molecular flexibility index (Phi) is 8.59. The first kappa shape index (κ1) is 28.8. The van der Waals surface area contributed by atoms with E-state index in [4.69, 9.17) is 4.74 Å². The summed E-state index contributed by atoms with van der Waals surface area (Å²) in [4.78, 5) is 28.5. The van der Waals surface area contributed by atoms with Crippen LogP contribution in [0.1, 0.15) is 28.5 Å². The van der Waals surface area contributed by atoms with E-state index in [2.05, 4.69) is 10.3 Å². The number of carbonyl (C=O) groups is 2. The van der Waals surface area contributed by atoms with Gasteiger partial charge in [-0.25, -0.2) is 9.37 Å². The van der Waals surface area contributed by atoms with Crippen LogP contribution in [0.15, 0.2) is 53.4 Å². The van der Waals surface area contributed by atoms with Crippen LogP contribution < -0.4 is 10.1 Å². The van der Waals surface area contributed by atoms with Gasteiger partial charge in [0, 0.05) is 11.8 Å². The van der Waals surface area contributed by atoms with Gasteiger partial charge >= 0.3 is 6.18 Å². The first-order valence-corrected chi connectivity index (χ1v) is 11.8. The fourth-order valence-electron chi connectivity index (χ4n) is 3.20. The van der Waals surface area contributed by atoms with Gasteiger partial charge < -0.3 is 19.7 Å². The highest BCUT2D eigenvalue weighted by atomic mass is 32.2. The third-order valence-electron chi connectivity index (χ3n) is 5.07. The number of aliphatic hydroxyl groups is 1. The van der Waals surface area contributed by atoms with Gasteiger partial charge in [-0.2, -0.15) is 21.9 Å². The maximum atomic E-state index is 15.1. The van der Waals surface area contributed by atoms with Crippen molar-refractivity contribution >= 4 is 28.9 Å². The van der Waals surface area contributed by atoms with E-state index in [1.807, 2.05) is 0 Å². The van der Waals surface area contributed by atoms with Crippen molar-refractivity contribution in [3.05, 3.63) is 77.1 Å². The summed E-state index contributed by atoms with van der Waals surface area (Å²) in [5.41, 5.74) is -2.93. The Hall–Kier alpha value is -3.75. The van der Waals surface area contributed by atoms with Crippen molar-refractivity contribution in [1.82, 2.24) is 9.29 Å². The summed E-state index contributed by atoms with van der Waals surface area (Å²) < 4.78 is 87.4. The molecule has 1 aromatic heterocycles. The molecule has 2 aromatic carbocycles. The fraction of sp³-hybridized carbons (Fsp3) is 0.208. The standard InChI is InChI=1S/C24H20F5N3O5S/c1-12-17(9-10-19(25)30-12)37-18-8-7-16(24(27,28)29)21(26)20(18)22(34)31-14-5-4-6-15(11-14)38(36)32(3)23(35)13(2)33/h4-11,13,33H,1-3H3,(H,31,34)/t13-,38?/m0/s1. The number of alkyl halides is 3. The van der Waals surface area contributed by atoms with Gasteiger partial charge in [-0.05, 0) is 50.2 Å². The summed E-state index contributed by atoms with van der Waals surface area (Å²) in [6.45, 7) is 2.52. The predicted octanol–water partition coefficient (Wildman–Crippen LogP) is 4.59. The number of nitrogens with zero attached hydrogens (tertiary/aromatic N) is 2. The number of amides is 2. The first-order chi connectivity index (χ1) is 17.7. The second-order valence-corrected chi connectivity index (χ2v) is 9.38. The normalized spacial score (nSPS) is 13.0. The van der Waals surface area contributed by atoms with Gasteiger partial charge in [0.15, 0.2) is 10.7 Å². The van der Waals surface area contributed by atoms with Crippen LogP contribution >= 0.6 is 0 Å². The number of carbonyl (C=O) groups excluding carboxylic acids is 2. The minimum atomic E-state index is -5.14. The van der Waals surface area contributed by atoms with Gasteiger partial charge in [-0.1, -0.05) is 6.07 Å². The summed E-state index contributed by atoms with van der Waals surface area (Å²) >= 11 is -2.12. The number of aliphatic hydroxyl groups excluding tert-OH is 1. The van der Waals surface area contributed by atoms with Crippen molar-refractivity contribution in [3.8, 4) is 11.5 Å². The molecule has 0 saturated heterocycles. The number of aryl methyl sites for hydroxylation is 1. The smallest absolute Gasteiger partial charge is 0.419 e. The number of rotatable bonds is 7. The second kappa shape index (κ2) is 11.3. The van der Waals surface area contributed by atoms with Crippen molar-refractivity contribution in [3.63, 3.8) is 0 Å². The van der Waals surface area contributed by atoms with Crippen LogP contribution in [-0.4, -0.2) is 43.9 Å². The highest BCUT2D eigenvalue weighted by Crippen LogP contribution is 2.38. The van der Waals surface area contributed by atoms with Crippen molar-refractivity contribution in [2.75, 3.05) is 12.4 Å². The maximum Gasteiger partial charge on any atom is 0.419 e. The van der Waals surface area contributed by atoms with E-state index < -0.39 is 64.1 Å². The maximum absolute atomic E-state index is 15.1. The van der Waals surface area contributed by atoms with Crippen LogP contribution in [0.5, 0.6) is 11.5 Å². The largest absolute Gasteiger partial charge is 0.588 e. The SMILES string of the molecule is Cc1nc(F)ccc1Oc1ccc(C(F)(F)F)c(F)c1C(=O)Nc1cccc([S+]([O-])N(C)C(=O)[C@H](C)O)c1. The van der Waals surface area contributed by atoms with Gasteiger partial charge in [0.25, 0.3) is 11.8 Å². The number of hydrogen-bond acceptors (Lipinski definition) is 6. The lowest BCUT2D eigenvalue weighted by Crippen LogP contribution is -2.39. The zero-order chi connectivity index (χ0) is 28.4. The summed E-state index contributed by atoms with van der Waals surface area (Å²) in [7, 11) is 1.17. The van der Waals surface area contributed by atoms with E-state index in [0.29, 0.717) is 6.07 Å². The molecule has 1 heterocycles. The van der Waals surface area contributed by atoms with Crippen LogP contribution in [0, 0.1) is 18.7 Å². The number of benzene rings is 2. The van der Waals surface area contributed by atoms with Crippen molar-refractivity contribution < 1.29 is 45.9 Å². The number of nitrogens with one attached hydrogen (secondary N) is 1. The molecule has 2 atom stereocenters. The van der Waals surface area contributed by atoms with E-state index in [1.165, 1.54) is 39.1 Å². The summed E-state index contributed by atoms with van der Waals surface area (Å²) in [5.74, 6) is -5.70. The van der Waals surface area contributed by atoms with Gasteiger partial charge in [0.05, 0.1) is 18.3 Å². The molecule has 1 unspecified atom stereocenters. The highest BCUT2D eigenvalue weighted by Gasteiger charge is 2.37. The van der Waals surface area contributed by atoms with Crippen molar-refractivity contribution in [2.24, 2.45) is 0 Å². The van der Waals surface area contributed by atoms with Crippen LogP contribution in [0.4, 0.5) is 27.6 Å². The van der Waals surface area contributed by atoms with Crippen LogP contribution in [0.3, 0.4) is 0 Å². The fourth-order valence-corrected chi connectivity index (χ4v) is 4.25. The second-order valence-electron chi connectivity index (χ2n) is 7.86. The van der Waals surface area contributed by atoms with E-state index in [1.54, 1.807) is 0 Å². The minimum Gasteiger partial charge on any atom is -0.588 e. The number of anilines is 1. The Morgan fingerprint density at radius 2 is 1.79 bits per heavy atom. The zero-order valence-electron chi connectivity index (χ0n) is 20.0. The molecule has 0 aliphatic carbocycles. The molecule has 2 amide bonds. The first-order valence-electron chi connectivity index (χ1n) is 10.7. The number of pyridine rings is 1. The molecular weight excluding hydrogens is 537 g/mol. The molecule has 3 aromatic rings. The van der Waals surface area contributed by atoms with Gasteiger partial charge in [-0.3, -0.25) is 9.59 Å². The molecule has 2 N–H and O–H groups in total. The molecule has 202 valence electrons. The van der Waals surface area contributed by atoms with Gasteiger partial charge in [-0.15, -0.1) is 0 Å². The van der Waals surface area contributed by atoms with Crippen LogP contribution in [-0.2, 0) is 22.3 Å². The van der Waals surface area contributed by atoms with Gasteiger partial charge in [0.2, 0.25) is 5.95 Å². The van der Waals surface area contributed by atoms with Crippen molar-refractivity contribution in [1.29, 1.82) is 0 Å². The minimum absolute atomic E-state index is 0.00620. The molecule has 0 aliphatic rings. The number of likely N-dealkylation sites (N-methyl/N-ethyl adjacent to an activating group) is 1. The number of halogens is 5. The molecule has 0 bridgehead atoms. The number of hydrogen-bond donors (Lipinski definition) is 2. The summed E-state index contributed by atoms with van der Waals surface area (Å²) in [5, 5.41) is 11.6. The monoisotopic (exact) mass is 557 g/mol. The molecular formula is C24H20F5N3O5S.